The minimum Gasteiger partial charge on any atom is -0.394 e. The van der Waals surface area contributed by atoms with E-state index in [2.05, 4.69) is 52.5 Å². The average Bonchev–Trinajstić information content (AvgIpc) is 3.30. The number of hydrogen-bond donors (Lipinski definition) is 3. The molecule has 0 saturated carbocycles. The molecule has 0 aliphatic heterocycles. The summed E-state index contributed by atoms with van der Waals surface area (Å²) in [6.45, 7) is 1.59. The zero-order valence-corrected chi connectivity index (χ0v) is 16.1. The molecular weight excluding hydrogens is 362 g/mol. The third-order valence-electron chi connectivity index (χ3n) is 4.79. The lowest BCUT2D eigenvalue weighted by Gasteiger charge is -2.31. The highest BCUT2D eigenvalue weighted by Crippen LogP contribution is 2.40. The van der Waals surface area contributed by atoms with E-state index in [4.69, 9.17) is 0 Å². The maximum atomic E-state index is 9.84. The van der Waals surface area contributed by atoms with Gasteiger partial charge in [0.25, 0.3) is 0 Å². The molecule has 0 radical (unpaired) electrons. The molecule has 2 aromatic heterocycles. The Morgan fingerprint density at radius 1 is 0.846 bits per heavy atom. The molecule has 0 aliphatic rings. The van der Waals surface area contributed by atoms with Crippen molar-refractivity contribution in [1.82, 2.24) is 5.32 Å². The van der Waals surface area contributed by atoms with E-state index in [1.165, 1.54) is 31.3 Å². The van der Waals surface area contributed by atoms with Gasteiger partial charge in [-0.1, -0.05) is 48.5 Å². The second-order valence-corrected chi connectivity index (χ2v) is 8.65. The number of fused-ring (bicyclic) bond motifs is 2. The van der Waals surface area contributed by atoms with Gasteiger partial charge < -0.3 is 10.2 Å². The van der Waals surface area contributed by atoms with Gasteiger partial charge in [0.15, 0.2) is 0 Å². The summed E-state index contributed by atoms with van der Waals surface area (Å²) < 4.78 is 0. The molecule has 0 unspecified atom stereocenters. The summed E-state index contributed by atoms with van der Waals surface area (Å²) in [6, 6.07) is 16.6. The first-order valence-electron chi connectivity index (χ1n) is 8.57. The topological polar surface area (TPSA) is 52.5 Å². The van der Waals surface area contributed by atoms with E-state index in [0.29, 0.717) is 0 Å². The van der Waals surface area contributed by atoms with Crippen LogP contribution in [0.25, 0.3) is 21.5 Å². The molecule has 0 saturated heterocycles. The van der Waals surface area contributed by atoms with Crippen molar-refractivity contribution in [2.75, 3.05) is 13.2 Å². The Balaban J connectivity index is 1.90. The van der Waals surface area contributed by atoms with Crippen molar-refractivity contribution in [3.63, 3.8) is 0 Å². The Bertz CT molecular complexity index is 959. The minimum atomic E-state index is -0.763. The van der Waals surface area contributed by atoms with E-state index in [-0.39, 0.29) is 19.3 Å². The number of aliphatic hydroxyl groups is 2. The summed E-state index contributed by atoms with van der Waals surface area (Å²) >= 11 is 3.44. The molecule has 0 aliphatic carbocycles. The second kappa shape index (κ2) is 7.10. The first kappa shape index (κ1) is 17.6. The van der Waals surface area contributed by atoms with Crippen LogP contribution in [0.4, 0.5) is 0 Å². The Hall–Kier alpha value is -1.76. The van der Waals surface area contributed by atoms with Crippen molar-refractivity contribution in [3.8, 4) is 0 Å². The first-order chi connectivity index (χ1) is 12.6. The van der Waals surface area contributed by atoms with Crippen LogP contribution in [-0.4, -0.2) is 29.0 Å². The molecule has 4 aromatic rings. The van der Waals surface area contributed by atoms with Gasteiger partial charge >= 0.3 is 0 Å². The molecule has 4 rings (SSSR count). The highest BCUT2D eigenvalue weighted by molar-refractivity contribution is 7.13. The predicted molar refractivity (Wildman–Crippen MR) is 111 cm³/mol. The van der Waals surface area contributed by atoms with E-state index in [1.807, 2.05) is 19.1 Å². The standard InChI is InChI=1S/C21H21NO2S2/c1-21(12-23,13-24)22-18(19-16-8-4-2-6-14(16)10-25-19)20-17-9-5-3-7-15(17)11-26-20/h2-11,18,22-24H,12-13H2,1H3. The fourth-order valence-electron chi connectivity index (χ4n) is 3.22. The van der Waals surface area contributed by atoms with Crippen molar-refractivity contribution >= 4 is 44.2 Å². The molecule has 5 heteroatoms. The predicted octanol–water partition coefficient (Wildman–Crippen LogP) is 4.54. The Morgan fingerprint density at radius 2 is 1.31 bits per heavy atom. The highest BCUT2D eigenvalue weighted by atomic mass is 32.1. The molecule has 2 heterocycles. The Kier molecular flexibility index (Phi) is 4.82. The fourth-order valence-corrected chi connectivity index (χ4v) is 5.46. The van der Waals surface area contributed by atoms with Crippen molar-refractivity contribution in [2.45, 2.75) is 18.5 Å². The second-order valence-electron chi connectivity index (χ2n) is 6.83. The zero-order valence-electron chi connectivity index (χ0n) is 14.5. The molecule has 0 atom stereocenters. The van der Waals surface area contributed by atoms with Gasteiger partial charge in [0.05, 0.1) is 24.8 Å². The highest BCUT2D eigenvalue weighted by Gasteiger charge is 2.30. The first-order valence-corrected chi connectivity index (χ1v) is 10.3. The van der Waals surface area contributed by atoms with Crippen molar-refractivity contribution < 1.29 is 10.2 Å². The number of benzene rings is 2. The lowest BCUT2D eigenvalue weighted by molar-refractivity contribution is 0.0987. The zero-order chi connectivity index (χ0) is 18.1. The summed E-state index contributed by atoms with van der Waals surface area (Å²) in [7, 11) is 0. The normalized spacial score (nSPS) is 12.5. The maximum Gasteiger partial charge on any atom is 0.0783 e. The van der Waals surface area contributed by atoms with E-state index in [9.17, 15) is 10.2 Å². The molecule has 0 fully saturated rings. The summed E-state index contributed by atoms with van der Waals surface area (Å²) in [4.78, 5) is 2.42. The summed E-state index contributed by atoms with van der Waals surface area (Å²) in [5.41, 5.74) is -0.763. The molecule has 134 valence electrons. The Labute approximate surface area is 160 Å². The van der Waals surface area contributed by atoms with Crippen LogP contribution in [-0.2, 0) is 0 Å². The molecule has 0 amide bonds. The van der Waals surface area contributed by atoms with Gasteiger partial charge in [0.1, 0.15) is 0 Å². The minimum absolute atomic E-state index is 0.0888. The van der Waals surface area contributed by atoms with Crippen LogP contribution >= 0.6 is 22.7 Å². The smallest absolute Gasteiger partial charge is 0.0783 e. The van der Waals surface area contributed by atoms with Crippen LogP contribution in [0, 0.1) is 0 Å². The van der Waals surface area contributed by atoms with Gasteiger partial charge in [-0.05, 0) is 39.2 Å². The Morgan fingerprint density at radius 3 is 1.77 bits per heavy atom. The van der Waals surface area contributed by atoms with Gasteiger partial charge in [-0.2, -0.15) is 0 Å². The molecule has 3 N–H and O–H groups in total. The summed E-state index contributed by atoms with van der Waals surface area (Å²) in [5, 5.41) is 32.4. The third kappa shape index (κ3) is 3.06. The van der Waals surface area contributed by atoms with Crippen LogP contribution in [0.3, 0.4) is 0 Å². The lowest BCUT2D eigenvalue weighted by atomic mass is 9.99. The molecule has 26 heavy (non-hydrogen) atoms. The molecule has 3 nitrogen and oxygen atoms in total. The van der Waals surface area contributed by atoms with Crippen LogP contribution in [0.5, 0.6) is 0 Å². The van der Waals surface area contributed by atoms with Gasteiger partial charge in [-0.3, -0.25) is 5.32 Å². The van der Waals surface area contributed by atoms with Crippen LogP contribution < -0.4 is 5.32 Å². The fraction of sp³-hybridized carbons (Fsp3) is 0.238. The van der Waals surface area contributed by atoms with Gasteiger partial charge in [0, 0.05) is 9.75 Å². The number of rotatable bonds is 6. The quantitative estimate of drug-likeness (QED) is 0.458. The number of hydrogen-bond acceptors (Lipinski definition) is 5. The van der Waals surface area contributed by atoms with Crippen LogP contribution in [0.2, 0.25) is 0 Å². The lowest BCUT2D eigenvalue weighted by Crippen LogP contribution is -2.50. The van der Waals surface area contributed by atoms with E-state index < -0.39 is 5.54 Å². The number of aliphatic hydroxyl groups excluding tert-OH is 2. The van der Waals surface area contributed by atoms with Crippen molar-refractivity contribution in [2.24, 2.45) is 0 Å². The van der Waals surface area contributed by atoms with E-state index in [0.717, 1.165) is 0 Å². The van der Waals surface area contributed by atoms with E-state index in [1.54, 1.807) is 22.7 Å². The summed E-state index contributed by atoms with van der Waals surface area (Å²) in [6.07, 6.45) is 0. The summed E-state index contributed by atoms with van der Waals surface area (Å²) in [5.74, 6) is 0. The SMILES string of the molecule is CC(CO)(CO)NC(c1scc2ccccc12)c1scc2ccccc12. The van der Waals surface area contributed by atoms with Crippen molar-refractivity contribution in [1.29, 1.82) is 0 Å². The number of nitrogens with one attached hydrogen (secondary N) is 1. The molecule has 2 aromatic carbocycles. The molecular formula is C21H21NO2S2. The van der Waals surface area contributed by atoms with Crippen LogP contribution in [0.15, 0.2) is 59.3 Å². The van der Waals surface area contributed by atoms with Gasteiger partial charge in [-0.25, -0.2) is 0 Å². The monoisotopic (exact) mass is 383 g/mol. The maximum absolute atomic E-state index is 9.84. The average molecular weight is 384 g/mol. The van der Waals surface area contributed by atoms with Crippen molar-refractivity contribution in [3.05, 3.63) is 69.0 Å². The third-order valence-corrected chi connectivity index (χ3v) is 6.96. The molecule has 0 bridgehead atoms. The van der Waals surface area contributed by atoms with Gasteiger partial charge in [0.2, 0.25) is 0 Å². The molecule has 0 spiro atoms. The number of thiophene rings is 2. The van der Waals surface area contributed by atoms with Crippen LogP contribution in [0.1, 0.15) is 22.7 Å². The largest absolute Gasteiger partial charge is 0.394 e. The van der Waals surface area contributed by atoms with Gasteiger partial charge in [-0.15, -0.1) is 22.7 Å². The van der Waals surface area contributed by atoms with E-state index >= 15 is 0 Å².